The lowest BCUT2D eigenvalue weighted by Crippen LogP contribution is -2.35. The summed E-state index contributed by atoms with van der Waals surface area (Å²) in [4.78, 5) is 14.7. The first kappa shape index (κ1) is 25.8. The minimum atomic E-state index is 0.411. The van der Waals surface area contributed by atoms with Crippen molar-refractivity contribution in [3.63, 3.8) is 0 Å². The normalized spacial score (nSPS) is 21.8. The van der Waals surface area contributed by atoms with Crippen molar-refractivity contribution in [3.05, 3.63) is 95.8 Å². The largest absolute Gasteiger partial charge is 0.382 e. The van der Waals surface area contributed by atoms with E-state index < -0.39 is 0 Å². The van der Waals surface area contributed by atoms with E-state index in [-0.39, 0.29) is 0 Å². The predicted molar refractivity (Wildman–Crippen MR) is 158 cm³/mol. The molecular formula is C31H37N7. The molecule has 4 N–H and O–H groups in total. The van der Waals surface area contributed by atoms with Crippen molar-refractivity contribution in [2.24, 2.45) is 10.9 Å². The van der Waals surface area contributed by atoms with Crippen molar-refractivity contribution in [3.8, 4) is 0 Å². The number of nitrogens with zero attached hydrogens (tertiary/aromatic N) is 4. The van der Waals surface area contributed by atoms with Crippen LogP contribution in [0.4, 0.5) is 5.82 Å². The molecule has 0 bridgehead atoms. The second kappa shape index (κ2) is 11.7. The molecule has 0 radical (unpaired) electrons. The molecule has 7 heteroatoms. The van der Waals surface area contributed by atoms with E-state index in [0.29, 0.717) is 17.7 Å². The van der Waals surface area contributed by atoms with Crippen LogP contribution in [-0.4, -0.2) is 46.8 Å². The van der Waals surface area contributed by atoms with E-state index in [0.717, 1.165) is 77.6 Å². The van der Waals surface area contributed by atoms with Crippen LogP contribution in [0.15, 0.2) is 83.7 Å². The molecule has 2 aliphatic carbocycles. The Balaban J connectivity index is 1.47. The molecule has 0 spiro atoms. The average Bonchev–Trinajstić information content (AvgIpc) is 3.31. The quantitative estimate of drug-likeness (QED) is 0.354. The molecule has 1 saturated carbocycles. The van der Waals surface area contributed by atoms with Crippen molar-refractivity contribution in [1.82, 2.24) is 25.0 Å². The predicted octanol–water partition coefficient (Wildman–Crippen LogP) is 5.02. The van der Waals surface area contributed by atoms with Crippen LogP contribution in [0.1, 0.15) is 49.7 Å². The summed E-state index contributed by atoms with van der Waals surface area (Å²) < 4.78 is 2.14. The number of allylic oxidation sites excluding steroid dienone is 7. The lowest BCUT2D eigenvalue weighted by atomic mass is 9.74. The fraction of sp³-hybridized carbons (Fsp3) is 0.323. The van der Waals surface area contributed by atoms with Gasteiger partial charge >= 0.3 is 0 Å². The maximum absolute atomic E-state index is 6.43. The summed E-state index contributed by atoms with van der Waals surface area (Å²) in [5.74, 6) is 2.65. The first-order chi connectivity index (χ1) is 18.6. The maximum atomic E-state index is 6.43. The number of nitrogens with two attached hydrogens (primary N) is 1. The fourth-order valence-corrected chi connectivity index (χ4v) is 5.28. The van der Waals surface area contributed by atoms with Crippen molar-refractivity contribution < 1.29 is 0 Å². The van der Waals surface area contributed by atoms with Crippen LogP contribution in [0.3, 0.4) is 0 Å². The summed E-state index contributed by atoms with van der Waals surface area (Å²) in [7, 11) is 1.98. The first-order valence-electron chi connectivity index (χ1n) is 13.5. The van der Waals surface area contributed by atoms with Gasteiger partial charge in [-0.2, -0.15) is 0 Å². The highest BCUT2D eigenvalue weighted by molar-refractivity contribution is 6.18. The van der Waals surface area contributed by atoms with E-state index in [1.807, 2.05) is 51.4 Å². The van der Waals surface area contributed by atoms with Crippen LogP contribution in [0, 0.1) is 5.92 Å². The summed E-state index contributed by atoms with van der Waals surface area (Å²) >= 11 is 0. The minimum Gasteiger partial charge on any atom is -0.382 e. The Morgan fingerprint density at radius 1 is 1.16 bits per heavy atom. The number of aromatic nitrogens is 3. The van der Waals surface area contributed by atoms with Gasteiger partial charge in [-0.15, -0.1) is 0 Å². The van der Waals surface area contributed by atoms with E-state index in [4.69, 9.17) is 15.7 Å². The van der Waals surface area contributed by atoms with E-state index in [1.54, 1.807) is 6.20 Å². The summed E-state index contributed by atoms with van der Waals surface area (Å²) in [6.07, 6.45) is 16.5. The van der Waals surface area contributed by atoms with Crippen LogP contribution in [0.5, 0.6) is 0 Å². The zero-order valence-electron chi connectivity index (χ0n) is 22.5. The number of aliphatic imine (C=N–C) groups is 1. The SMILES string of the molecule is C/C=C1/C=CC(c2nc(C3CC(CNCCNC)C3)n3ccnc(N)c23)=C/C1=N/C(=C\C)c1ccccc1. The number of nitrogen functional groups attached to an aromatic ring is 1. The molecule has 0 amide bonds. The van der Waals surface area contributed by atoms with Gasteiger partial charge < -0.3 is 16.4 Å². The highest BCUT2D eigenvalue weighted by atomic mass is 15.1. The smallest absolute Gasteiger partial charge is 0.150 e. The molecule has 0 saturated heterocycles. The number of rotatable bonds is 9. The van der Waals surface area contributed by atoms with Crippen molar-refractivity contribution >= 4 is 28.3 Å². The molecule has 2 heterocycles. The highest BCUT2D eigenvalue weighted by Gasteiger charge is 2.34. The number of benzene rings is 1. The second-order valence-electron chi connectivity index (χ2n) is 9.91. The molecule has 2 aliphatic rings. The van der Waals surface area contributed by atoms with E-state index in [9.17, 15) is 0 Å². The third-order valence-corrected chi connectivity index (χ3v) is 7.39. The van der Waals surface area contributed by atoms with E-state index in [1.165, 1.54) is 0 Å². The number of fused-ring (bicyclic) bond motifs is 1. The van der Waals surface area contributed by atoms with Crippen molar-refractivity contribution in [2.75, 3.05) is 32.4 Å². The van der Waals surface area contributed by atoms with Crippen LogP contribution in [0.25, 0.3) is 16.8 Å². The second-order valence-corrected chi connectivity index (χ2v) is 9.91. The van der Waals surface area contributed by atoms with Crippen molar-refractivity contribution in [2.45, 2.75) is 32.6 Å². The minimum absolute atomic E-state index is 0.411. The average molecular weight is 508 g/mol. The van der Waals surface area contributed by atoms with Crippen LogP contribution in [-0.2, 0) is 0 Å². The zero-order valence-corrected chi connectivity index (χ0v) is 22.5. The first-order valence-corrected chi connectivity index (χ1v) is 13.5. The molecule has 38 heavy (non-hydrogen) atoms. The molecule has 0 unspecified atom stereocenters. The molecule has 196 valence electrons. The Morgan fingerprint density at radius 3 is 2.71 bits per heavy atom. The van der Waals surface area contributed by atoms with Gasteiger partial charge in [-0.25, -0.2) is 15.0 Å². The Morgan fingerprint density at radius 2 is 1.97 bits per heavy atom. The number of nitrogens with one attached hydrogen (secondary N) is 2. The standard InChI is InChI=1S/C31H37N7/c1-4-22-11-12-24(19-27(22)36-26(5-2)23-9-7-6-8-10-23)28-29-30(32)35-15-16-38(29)31(37-28)25-17-21(18-25)20-34-14-13-33-3/h4-12,15-16,19,21,25,33-34H,13-14,17-18,20H2,1-3H3,(H2,32,35)/b22-4-,26-5-,36-27-. The van der Waals surface area contributed by atoms with Gasteiger partial charge in [0.25, 0.3) is 0 Å². The number of hydrogen-bond acceptors (Lipinski definition) is 6. The van der Waals surface area contributed by atoms with E-state index >= 15 is 0 Å². The van der Waals surface area contributed by atoms with E-state index in [2.05, 4.69) is 56.5 Å². The number of hydrogen-bond donors (Lipinski definition) is 3. The van der Waals surface area contributed by atoms with Gasteiger partial charge in [0.2, 0.25) is 0 Å². The summed E-state index contributed by atoms with van der Waals surface area (Å²) in [6.45, 7) is 7.09. The molecule has 2 aromatic heterocycles. The molecule has 5 rings (SSSR count). The van der Waals surface area contributed by atoms with Gasteiger partial charge in [0.1, 0.15) is 22.9 Å². The Labute approximate surface area is 225 Å². The van der Waals surface area contributed by atoms with Gasteiger partial charge in [-0.05, 0) is 63.4 Å². The monoisotopic (exact) mass is 507 g/mol. The molecule has 0 atom stereocenters. The summed E-state index contributed by atoms with van der Waals surface area (Å²) in [6, 6.07) is 10.3. The molecule has 7 nitrogen and oxygen atoms in total. The van der Waals surface area contributed by atoms with Crippen LogP contribution in [0.2, 0.25) is 0 Å². The lowest BCUT2D eigenvalue weighted by Gasteiger charge is -2.34. The lowest BCUT2D eigenvalue weighted by molar-refractivity contribution is 0.246. The van der Waals surface area contributed by atoms with Gasteiger partial charge in [0, 0.05) is 37.0 Å². The third kappa shape index (κ3) is 5.26. The molecule has 0 aliphatic heterocycles. The van der Waals surface area contributed by atoms with Crippen LogP contribution >= 0.6 is 0 Å². The summed E-state index contributed by atoms with van der Waals surface area (Å²) in [5.41, 5.74) is 13.2. The van der Waals surface area contributed by atoms with Gasteiger partial charge in [0.05, 0.1) is 11.4 Å². The molecule has 3 aromatic rings. The van der Waals surface area contributed by atoms with Crippen LogP contribution < -0.4 is 16.4 Å². The Bertz CT molecular complexity index is 1430. The van der Waals surface area contributed by atoms with Gasteiger partial charge in [-0.1, -0.05) is 54.6 Å². The number of anilines is 1. The molecular weight excluding hydrogens is 470 g/mol. The zero-order chi connectivity index (χ0) is 26.5. The molecule has 1 fully saturated rings. The Kier molecular flexibility index (Phi) is 7.96. The third-order valence-electron chi connectivity index (χ3n) is 7.39. The molecule has 1 aromatic carbocycles. The fourth-order valence-electron chi connectivity index (χ4n) is 5.28. The number of likely N-dealkylation sites (N-methyl/N-ethyl adjacent to an activating group) is 1. The number of imidazole rings is 1. The highest BCUT2D eigenvalue weighted by Crippen LogP contribution is 2.42. The van der Waals surface area contributed by atoms with Crippen molar-refractivity contribution in [1.29, 1.82) is 0 Å². The summed E-state index contributed by atoms with van der Waals surface area (Å²) in [5, 5.41) is 6.73. The Hall–Kier alpha value is -3.81. The maximum Gasteiger partial charge on any atom is 0.150 e. The van der Waals surface area contributed by atoms with Gasteiger partial charge in [0.15, 0.2) is 0 Å². The van der Waals surface area contributed by atoms with Gasteiger partial charge in [-0.3, -0.25) is 4.40 Å². The topological polar surface area (TPSA) is 92.6 Å².